The lowest BCUT2D eigenvalue weighted by molar-refractivity contribution is -0.907. The van der Waals surface area contributed by atoms with Gasteiger partial charge in [-0.15, -0.1) is 0 Å². The van der Waals surface area contributed by atoms with E-state index in [0.717, 1.165) is 32.8 Å². The molecule has 1 atom stereocenters. The second kappa shape index (κ2) is 6.34. The third kappa shape index (κ3) is 3.67. The van der Waals surface area contributed by atoms with Crippen molar-refractivity contribution in [1.82, 2.24) is 10.2 Å². The Morgan fingerprint density at radius 1 is 1.37 bits per heavy atom. The van der Waals surface area contributed by atoms with Crippen molar-refractivity contribution in [3.63, 3.8) is 0 Å². The summed E-state index contributed by atoms with van der Waals surface area (Å²) in [5.41, 5.74) is 0. The van der Waals surface area contributed by atoms with Gasteiger partial charge in [-0.05, 0) is 12.3 Å². The zero-order valence-corrected chi connectivity index (χ0v) is 11.8. The summed E-state index contributed by atoms with van der Waals surface area (Å²) in [5, 5.41) is 2.78. The van der Waals surface area contributed by atoms with Gasteiger partial charge in [0.1, 0.15) is 19.1 Å². The van der Waals surface area contributed by atoms with E-state index in [1.165, 1.54) is 9.80 Å². The maximum absolute atomic E-state index is 12.1. The van der Waals surface area contributed by atoms with E-state index in [4.69, 9.17) is 4.74 Å². The van der Waals surface area contributed by atoms with Gasteiger partial charge in [-0.2, -0.15) is 0 Å². The van der Waals surface area contributed by atoms with Crippen LogP contribution in [0.2, 0.25) is 0 Å². The number of nitrogens with one attached hydrogen (secondary N) is 2. The van der Waals surface area contributed by atoms with E-state index in [1.807, 2.05) is 0 Å². The molecule has 108 valence electrons. The predicted octanol–water partition coefficient (Wildman–Crippen LogP) is -1.13. The summed E-state index contributed by atoms with van der Waals surface area (Å²) in [7, 11) is 0. The van der Waals surface area contributed by atoms with Crippen LogP contribution in [-0.2, 0) is 9.53 Å². The standard InChI is InChI=1S/C13H23N3O3/c1-10(2)9-11-12(17)16(13(18)14-11)4-3-15-5-7-19-8-6-15/h10-11H,3-9H2,1-2H3,(H,14,18)/p+1/t11-/m1/s1. The highest BCUT2D eigenvalue weighted by Crippen LogP contribution is 2.13. The lowest BCUT2D eigenvalue weighted by atomic mass is 10.0. The molecule has 2 aliphatic rings. The number of hydrogen-bond donors (Lipinski definition) is 2. The van der Waals surface area contributed by atoms with E-state index in [2.05, 4.69) is 19.2 Å². The van der Waals surface area contributed by atoms with Gasteiger partial charge in [0, 0.05) is 0 Å². The van der Waals surface area contributed by atoms with E-state index < -0.39 is 0 Å². The fourth-order valence-electron chi connectivity index (χ4n) is 2.60. The average Bonchev–Trinajstić information content (AvgIpc) is 2.63. The van der Waals surface area contributed by atoms with Crippen LogP contribution in [0, 0.1) is 5.92 Å². The number of imide groups is 1. The molecule has 0 aliphatic carbocycles. The molecule has 6 nitrogen and oxygen atoms in total. The highest BCUT2D eigenvalue weighted by Gasteiger charge is 2.38. The Bertz CT molecular complexity index is 340. The minimum Gasteiger partial charge on any atom is -0.370 e. The Labute approximate surface area is 114 Å². The van der Waals surface area contributed by atoms with Crippen LogP contribution >= 0.6 is 0 Å². The first-order valence-electron chi connectivity index (χ1n) is 7.11. The number of amides is 3. The molecule has 0 bridgehead atoms. The molecule has 2 N–H and O–H groups in total. The summed E-state index contributed by atoms with van der Waals surface area (Å²) in [6, 6.07) is -0.560. The monoisotopic (exact) mass is 270 g/mol. The van der Waals surface area contributed by atoms with Crippen LogP contribution in [0.25, 0.3) is 0 Å². The van der Waals surface area contributed by atoms with Crippen LogP contribution < -0.4 is 10.2 Å². The molecule has 3 amide bonds. The van der Waals surface area contributed by atoms with E-state index in [0.29, 0.717) is 18.9 Å². The summed E-state index contributed by atoms with van der Waals surface area (Å²) in [6.45, 7) is 8.89. The molecule has 0 aromatic heterocycles. The van der Waals surface area contributed by atoms with E-state index in [1.54, 1.807) is 0 Å². The number of ether oxygens (including phenoxy) is 1. The van der Waals surface area contributed by atoms with Crippen LogP contribution in [0.3, 0.4) is 0 Å². The molecule has 2 heterocycles. The van der Waals surface area contributed by atoms with E-state index in [-0.39, 0.29) is 18.0 Å². The minimum atomic E-state index is -0.327. The lowest BCUT2D eigenvalue weighted by Gasteiger charge is -2.25. The molecule has 0 spiro atoms. The van der Waals surface area contributed by atoms with Crippen LogP contribution in [0.15, 0.2) is 0 Å². The lowest BCUT2D eigenvalue weighted by Crippen LogP contribution is -3.14. The number of urea groups is 1. The minimum absolute atomic E-state index is 0.0636. The molecule has 19 heavy (non-hydrogen) atoms. The van der Waals surface area contributed by atoms with Crippen molar-refractivity contribution in [3.05, 3.63) is 0 Å². The van der Waals surface area contributed by atoms with Crippen LogP contribution in [0.5, 0.6) is 0 Å². The first kappa shape index (κ1) is 14.3. The molecule has 0 radical (unpaired) electrons. The fraction of sp³-hybridized carbons (Fsp3) is 0.846. The first-order valence-corrected chi connectivity index (χ1v) is 7.11. The Morgan fingerprint density at radius 2 is 2.05 bits per heavy atom. The zero-order chi connectivity index (χ0) is 13.8. The second-order valence-electron chi connectivity index (χ2n) is 5.73. The van der Waals surface area contributed by atoms with E-state index >= 15 is 0 Å². The quantitative estimate of drug-likeness (QED) is 0.621. The van der Waals surface area contributed by atoms with Gasteiger partial charge in [-0.1, -0.05) is 13.8 Å². The number of morpholine rings is 1. The average molecular weight is 270 g/mol. The normalized spacial score (nSPS) is 25.2. The van der Waals surface area contributed by atoms with Crippen LogP contribution in [0.1, 0.15) is 20.3 Å². The summed E-state index contributed by atoms with van der Waals surface area (Å²) in [4.78, 5) is 26.7. The molecule has 0 saturated carbocycles. The van der Waals surface area contributed by atoms with E-state index in [9.17, 15) is 9.59 Å². The molecular formula is C13H24N3O3+. The van der Waals surface area contributed by atoms with Crippen molar-refractivity contribution in [2.45, 2.75) is 26.3 Å². The predicted molar refractivity (Wildman–Crippen MR) is 69.9 cm³/mol. The van der Waals surface area contributed by atoms with Crippen molar-refractivity contribution in [3.8, 4) is 0 Å². The van der Waals surface area contributed by atoms with Crippen LogP contribution in [0.4, 0.5) is 4.79 Å². The Kier molecular flexibility index (Phi) is 4.76. The summed E-state index contributed by atoms with van der Waals surface area (Å²) in [5.74, 6) is 0.338. The molecule has 2 rings (SSSR count). The smallest absolute Gasteiger partial charge is 0.325 e. The number of quaternary nitrogens is 1. The van der Waals surface area contributed by atoms with Crippen molar-refractivity contribution in [2.75, 3.05) is 39.4 Å². The number of hydrogen-bond acceptors (Lipinski definition) is 3. The second-order valence-corrected chi connectivity index (χ2v) is 5.73. The number of nitrogens with zero attached hydrogens (tertiary/aromatic N) is 1. The van der Waals surface area contributed by atoms with Gasteiger partial charge >= 0.3 is 6.03 Å². The molecular weight excluding hydrogens is 246 g/mol. The number of carbonyl (C=O) groups excluding carboxylic acids is 2. The molecule has 2 fully saturated rings. The number of rotatable bonds is 5. The van der Waals surface area contributed by atoms with Gasteiger partial charge < -0.3 is 15.0 Å². The Morgan fingerprint density at radius 3 is 2.68 bits per heavy atom. The third-order valence-electron chi connectivity index (χ3n) is 3.70. The molecule has 0 aromatic rings. The Hall–Kier alpha value is -1.14. The van der Waals surface area contributed by atoms with Crippen molar-refractivity contribution in [1.29, 1.82) is 0 Å². The Balaban J connectivity index is 1.82. The molecule has 2 saturated heterocycles. The summed E-state index contributed by atoms with van der Waals surface area (Å²) < 4.78 is 5.29. The summed E-state index contributed by atoms with van der Waals surface area (Å²) >= 11 is 0. The van der Waals surface area contributed by atoms with Crippen molar-refractivity contribution in [2.24, 2.45) is 5.92 Å². The largest absolute Gasteiger partial charge is 0.370 e. The summed E-state index contributed by atoms with van der Waals surface area (Å²) in [6.07, 6.45) is 0.714. The third-order valence-corrected chi connectivity index (χ3v) is 3.70. The van der Waals surface area contributed by atoms with Gasteiger partial charge in [0.25, 0.3) is 5.91 Å². The first-order chi connectivity index (χ1) is 9.08. The highest BCUT2D eigenvalue weighted by atomic mass is 16.5. The molecule has 6 heteroatoms. The fourth-order valence-corrected chi connectivity index (χ4v) is 2.60. The maximum atomic E-state index is 12.1. The highest BCUT2D eigenvalue weighted by molar-refractivity contribution is 6.04. The maximum Gasteiger partial charge on any atom is 0.325 e. The van der Waals surface area contributed by atoms with Gasteiger partial charge in [-0.3, -0.25) is 9.69 Å². The molecule has 0 unspecified atom stereocenters. The van der Waals surface area contributed by atoms with Gasteiger partial charge in [-0.25, -0.2) is 4.79 Å². The van der Waals surface area contributed by atoms with Crippen molar-refractivity contribution >= 4 is 11.9 Å². The van der Waals surface area contributed by atoms with Gasteiger partial charge in [0.2, 0.25) is 0 Å². The number of carbonyl (C=O) groups is 2. The van der Waals surface area contributed by atoms with Crippen molar-refractivity contribution < 1.29 is 19.2 Å². The van der Waals surface area contributed by atoms with Gasteiger partial charge in [0.15, 0.2) is 0 Å². The van der Waals surface area contributed by atoms with Gasteiger partial charge in [0.05, 0.1) is 26.3 Å². The zero-order valence-electron chi connectivity index (χ0n) is 11.8. The van der Waals surface area contributed by atoms with Crippen LogP contribution in [-0.4, -0.2) is 62.3 Å². The SMILES string of the molecule is CC(C)C[C@H]1NC(=O)N(CC[NH+]2CCOCC2)C1=O. The topological polar surface area (TPSA) is 63.1 Å². The molecule has 2 aliphatic heterocycles. The molecule has 0 aromatic carbocycles.